The average Bonchev–Trinajstić information content (AvgIpc) is 1.53. The van der Waals surface area contributed by atoms with Gasteiger partial charge in [0.25, 0.3) is 0 Å². The van der Waals surface area contributed by atoms with Gasteiger partial charge in [-0.3, -0.25) is 0 Å². The van der Waals surface area contributed by atoms with Gasteiger partial charge in [-0.25, -0.2) is 8.80 Å². The van der Waals surface area contributed by atoms with Crippen molar-refractivity contribution in [2.45, 2.75) is 58.9 Å². The Balaban J connectivity index is 0.766. The van der Waals surface area contributed by atoms with Crippen LogP contribution in [0.25, 0.3) is 110 Å². The number of benzene rings is 10. The molecule has 456 valence electrons. The van der Waals surface area contributed by atoms with Crippen LogP contribution in [0.15, 0.2) is 325 Å². The summed E-state index contributed by atoms with van der Waals surface area (Å²) in [7, 11) is 0. The van der Waals surface area contributed by atoms with E-state index in [2.05, 4.69) is 321 Å². The molecule has 94 heavy (non-hydrogen) atoms. The number of aromatic nitrogens is 1. The van der Waals surface area contributed by atoms with Gasteiger partial charge in [-0.1, -0.05) is 200 Å². The SMILES string of the molecule is C=NS/N=C/C(=C\C=C(/C)N(C1=CCCC=C1)C(C)/C=C\C(=C/C)c1ccc2c(c1)C(c1ccccc1)(c1ccccc1)c1ccccc1-2)C(/C)=C/C=C(\C)n1c2ccc(-c3ccc4c(c3)oc3ccccc34)cc2c2cc(-c3ccc4c(c3)oc3ccccc34)ccc21. The summed E-state index contributed by atoms with van der Waals surface area (Å²) >= 11 is 1.08. The molecule has 1 unspecified atom stereocenters. The minimum Gasteiger partial charge on any atom is -0.456 e. The molecule has 0 amide bonds. The first-order chi connectivity index (χ1) is 46.2. The van der Waals surface area contributed by atoms with Crippen LogP contribution in [0.4, 0.5) is 0 Å². The topological polar surface area (TPSA) is 59.2 Å². The zero-order chi connectivity index (χ0) is 63.9. The lowest BCUT2D eigenvalue weighted by Gasteiger charge is -2.34. The molecule has 3 heterocycles. The Morgan fingerprint density at radius 2 is 1.12 bits per heavy atom. The number of furan rings is 2. The molecule has 6 nitrogen and oxygen atoms in total. The van der Waals surface area contributed by atoms with E-state index in [1.807, 2.05) is 30.5 Å². The third kappa shape index (κ3) is 10.6. The molecule has 0 spiro atoms. The smallest absolute Gasteiger partial charge is 0.136 e. The quantitative estimate of drug-likeness (QED) is 0.0518. The van der Waals surface area contributed by atoms with E-state index in [9.17, 15) is 0 Å². The second-order valence-corrected chi connectivity index (χ2v) is 25.2. The molecule has 15 rings (SSSR count). The number of hydrogen-bond donors (Lipinski definition) is 0. The van der Waals surface area contributed by atoms with Gasteiger partial charge in [0.2, 0.25) is 0 Å². The Kier molecular flexibility index (Phi) is 15.9. The largest absolute Gasteiger partial charge is 0.456 e. The first-order valence-electron chi connectivity index (χ1n) is 32.4. The van der Waals surface area contributed by atoms with Crippen molar-refractivity contribution in [2.75, 3.05) is 0 Å². The monoisotopic (exact) mass is 1230 g/mol. The summed E-state index contributed by atoms with van der Waals surface area (Å²) in [6.07, 6.45) is 26.5. The molecule has 0 saturated heterocycles. The van der Waals surface area contributed by atoms with Crippen molar-refractivity contribution in [1.29, 1.82) is 0 Å². The lowest BCUT2D eigenvalue weighted by molar-refractivity contribution is 0.391. The number of allylic oxidation sites excluding steroid dienone is 14. The molecule has 0 radical (unpaired) electrons. The number of fused-ring (bicyclic) bond motifs is 12. The minimum atomic E-state index is -0.479. The van der Waals surface area contributed by atoms with E-state index in [1.54, 1.807) is 0 Å². The molecule has 3 aromatic heterocycles. The molecular formula is C87H70N4O2S. The van der Waals surface area contributed by atoms with Crippen LogP contribution in [0.5, 0.6) is 0 Å². The van der Waals surface area contributed by atoms with Crippen molar-refractivity contribution in [3.05, 3.63) is 336 Å². The van der Waals surface area contributed by atoms with Crippen molar-refractivity contribution in [3.63, 3.8) is 0 Å². The van der Waals surface area contributed by atoms with Gasteiger partial charge in [-0.15, -0.1) is 0 Å². The Labute approximate surface area is 553 Å². The highest BCUT2D eigenvalue weighted by Crippen LogP contribution is 2.56. The first kappa shape index (κ1) is 59.3. The summed E-state index contributed by atoms with van der Waals surface area (Å²) in [6, 6.07) is 81.4. The second-order valence-electron chi connectivity index (χ2n) is 24.6. The van der Waals surface area contributed by atoms with Gasteiger partial charge in [0.05, 0.1) is 16.4 Å². The summed E-state index contributed by atoms with van der Waals surface area (Å²) in [5.41, 5.74) is 25.0. The van der Waals surface area contributed by atoms with Crippen molar-refractivity contribution in [1.82, 2.24) is 9.47 Å². The molecule has 2 aliphatic rings. The number of hydrogen-bond acceptors (Lipinski definition) is 6. The lowest BCUT2D eigenvalue weighted by atomic mass is 9.67. The molecule has 10 aromatic carbocycles. The predicted molar refractivity (Wildman–Crippen MR) is 400 cm³/mol. The molecule has 2 aliphatic carbocycles. The van der Waals surface area contributed by atoms with Gasteiger partial charge in [0, 0.05) is 68.4 Å². The fraction of sp³-hybridized carbons (Fsp3) is 0.103. The summed E-state index contributed by atoms with van der Waals surface area (Å²) < 4.78 is 23.8. The molecule has 0 bridgehead atoms. The first-order valence-corrected chi connectivity index (χ1v) is 33.1. The third-order valence-electron chi connectivity index (χ3n) is 19.1. The van der Waals surface area contributed by atoms with E-state index in [1.165, 1.54) is 44.6 Å². The van der Waals surface area contributed by atoms with Crippen LogP contribution in [0, 0.1) is 0 Å². The molecule has 0 fully saturated rings. The number of nitrogens with zero attached hydrogens (tertiary/aromatic N) is 4. The van der Waals surface area contributed by atoms with Crippen LogP contribution < -0.4 is 0 Å². The molecule has 7 heteroatoms. The van der Waals surface area contributed by atoms with Crippen LogP contribution in [0.2, 0.25) is 0 Å². The fourth-order valence-electron chi connectivity index (χ4n) is 14.5. The second kappa shape index (κ2) is 25.2. The highest BCUT2D eigenvalue weighted by molar-refractivity contribution is 7.96. The zero-order valence-corrected chi connectivity index (χ0v) is 54.2. The maximum Gasteiger partial charge on any atom is 0.136 e. The molecule has 0 N–H and O–H groups in total. The predicted octanol–water partition coefficient (Wildman–Crippen LogP) is 23.8. The van der Waals surface area contributed by atoms with Crippen LogP contribution in [0.3, 0.4) is 0 Å². The van der Waals surface area contributed by atoms with Crippen LogP contribution in [0.1, 0.15) is 75.3 Å². The molecule has 0 aliphatic heterocycles. The van der Waals surface area contributed by atoms with E-state index in [-0.39, 0.29) is 6.04 Å². The highest BCUT2D eigenvalue weighted by atomic mass is 32.2. The van der Waals surface area contributed by atoms with Crippen molar-refractivity contribution >= 4 is 102 Å². The molecule has 13 aromatic rings. The van der Waals surface area contributed by atoms with Gasteiger partial charge in [0.15, 0.2) is 0 Å². The Hall–Kier alpha value is -11.0. The standard InChI is InChI=1S/C87H70N4O2S/c1-7-61(64-41-46-72-71-29-17-20-32-79(71)87(80(72)53-64,68-23-11-8-12-24-68)69-25-13-9-14-26-69)39-37-58(3)90(70-27-15-10-16-28-70)59(4)38-40-67(56-89-94-88-6)57(2)35-36-60(5)91-81-49-44-62(65-42-47-75-73-30-18-21-33-83(73)92-85(75)54-65)51-77(81)78-52-63(45-50-82(78)91)66-43-48-76-74-31-19-22-34-84(74)93-86(76)55-66/h7-9,11-15,17-56,58H,6,10,16H2,1-5H3/b39-37-,57-35+,59-38+,60-36+,61-7+,67-40+,89-56+. The van der Waals surface area contributed by atoms with Crippen molar-refractivity contribution in [3.8, 4) is 33.4 Å². The summed E-state index contributed by atoms with van der Waals surface area (Å²) in [5, 5.41) is 6.78. The Morgan fingerprint density at radius 1 is 0.553 bits per heavy atom. The Bertz CT molecular complexity index is 5230. The summed E-state index contributed by atoms with van der Waals surface area (Å²) in [5.74, 6) is 0. The maximum absolute atomic E-state index is 6.40. The van der Waals surface area contributed by atoms with Crippen molar-refractivity contribution in [2.24, 2.45) is 8.80 Å². The van der Waals surface area contributed by atoms with E-state index in [4.69, 9.17) is 8.83 Å². The molecular weight excluding hydrogens is 1170 g/mol. The van der Waals surface area contributed by atoms with Gasteiger partial charge >= 0.3 is 0 Å². The van der Waals surface area contributed by atoms with Gasteiger partial charge in [0.1, 0.15) is 34.5 Å². The number of para-hydroxylation sites is 2. The number of rotatable bonds is 17. The van der Waals surface area contributed by atoms with E-state index in [0.29, 0.717) is 0 Å². The summed E-state index contributed by atoms with van der Waals surface area (Å²) in [6.45, 7) is 14.7. The van der Waals surface area contributed by atoms with Crippen LogP contribution in [-0.2, 0) is 5.41 Å². The van der Waals surface area contributed by atoms with E-state index in [0.717, 1.165) is 141 Å². The van der Waals surface area contributed by atoms with Crippen LogP contribution in [-0.4, -0.2) is 28.4 Å². The molecule has 0 saturated carbocycles. The lowest BCUT2D eigenvalue weighted by Crippen LogP contribution is -2.29. The van der Waals surface area contributed by atoms with Crippen molar-refractivity contribution < 1.29 is 8.83 Å². The van der Waals surface area contributed by atoms with Gasteiger partial charge in [-0.05, 0) is 210 Å². The third-order valence-corrected chi connectivity index (χ3v) is 19.4. The normalized spacial score (nSPS) is 14.9. The van der Waals surface area contributed by atoms with Gasteiger partial charge in [-0.2, -0.15) is 0 Å². The average molecular weight is 1240 g/mol. The van der Waals surface area contributed by atoms with Crippen LogP contribution >= 0.6 is 12.1 Å². The summed E-state index contributed by atoms with van der Waals surface area (Å²) in [4.78, 5) is 2.44. The Morgan fingerprint density at radius 3 is 1.72 bits per heavy atom. The zero-order valence-electron chi connectivity index (χ0n) is 53.4. The van der Waals surface area contributed by atoms with E-state index >= 15 is 0 Å². The van der Waals surface area contributed by atoms with E-state index < -0.39 is 5.41 Å². The fourth-order valence-corrected chi connectivity index (χ4v) is 14.7. The minimum absolute atomic E-state index is 0.00111. The maximum atomic E-state index is 6.40. The van der Waals surface area contributed by atoms with Gasteiger partial charge < -0.3 is 18.3 Å². The molecule has 1 atom stereocenters. The highest BCUT2D eigenvalue weighted by Gasteiger charge is 2.46.